The zero-order valence-electron chi connectivity index (χ0n) is 20.4. The number of hydrogen-bond donors (Lipinski definition) is 0. The van der Waals surface area contributed by atoms with E-state index >= 15 is 0 Å². The van der Waals surface area contributed by atoms with Gasteiger partial charge in [0.25, 0.3) is 5.56 Å². The average Bonchev–Trinajstić information content (AvgIpc) is 2.85. The molecule has 2 rings (SSSR count). The average molecular weight is 440 g/mol. The van der Waals surface area contributed by atoms with Crippen LogP contribution in [0.1, 0.15) is 79.7 Å². The van der Waals surface area contributed by atoms with Crippen molar-refractivity contribution in [3.8, 4) is 5.75 Å². The van der Waals surface area contributed by atoms with Crippen LogP contribution in [0.4, 0.5) is 0 Å². The predicted octanol–water partition coefficient (Wildman–Crippen LogP) is 3.77. The van der Waals surface area contributed by atoms with Crippen molar-refractivity contribution >= 4 is 5.97 Å². The van der Waals surface area contributed by atoms with Crippen LogP contribution in [0.5, 0.6) is 5.75 Å². The molecule has 0 aromatic carbocycles. The van der Waals surface area contributed by atoms with Gasteiger partial charge in [-0.25, -0.2) is 4.79 Å². The van der Waals surface area contributed by atoms with Crippen LogP contribution in [-0.4, -0.2) is 47.7 Å². The van der Waals surface area contributed by atoms with Crippen LogP contribution in [0, 0.1) is 0 Å². The highest BCUT2D eigenvalue weighted by molar-refractivity contribution is 5.74. The van der Waals surface area contributed by atoms with E-state index in [2.05, 4.69) is 0 Å². The maximum Gasteiger partial charge on any atom is 0.329 e. The molecule has 1 unspecified atom stereocenters. The molecule has 0 bridgehead atoms. The molecule has 8 heteroatoms. The molecule has 1 aromatic rings. The topological polar surface area (TPSA) is 85.2 Å². The molecule has 1 saturated heterocycles. The van der Waals surface area contributed by atoms with Gasteiger partial charge in [0.2, 0.25) is 0 Å². The summed E-state index contributed by atoms with van der Waals surface area (Å²) in [6.45, 7) is 14.9. The second-order valence-electron chi connectivity index (χ2n) is 9.96. The molecule has 1 aliphatic rings. The lowest BCUT2D eigenvalue weighted by Crippen LogP contribution is -2.41. The van der Waals surface area contributed by atoms with Crippen LogP contribution in [0.15, 0.2) is 17.1 Å². The first-order valence-electron chi connectivity index (χ1n) is 10.5. The number of nitrogens with zero attached hydrogens (tertiary/aromatic N) is 1. The quantitative estimate of drug-likeness (QED) is 0.598. The number of carbonyl (C=O) groups excluding carboxylic acids is 1. The van der Waals surface area contributed by atoms with E-state index in [1.165, 1.54) is 23.9 Å². The third-order valence-electron chi connectivity index (χ3n) is 5.77. The van der Waals surface area contributed by atoms with Crippen molar-refractivity contribution in [2.75, 3.05) is 14.2 Å². The Bertz CT molecular complexity index is 834. The summed E-state index contributed by atoms with van der Waals surface area (Å²) in [5.41, 5.74) is -1.73. The number of aromatic nitrogens is 1. The fourth-order valence-corrected chi connectivity index (χ4v) is 3.22. The smallest absolute Gasteiger partial charge is 0.329 e. The Morgan fingerprint density at radius 2 is 1.71 bits per heavy atom. The summed E-state index contributed by atoms with van der Waals surface area (Å²) in [7, 11) is 3.06. The fourth-order valence-electron chi connectivity index (χ4n) is 3.22. The molecule has 176 valence electrons. The van der Waals surface area contributed by atoms with Crippen LogP contribution in [0.3, 0.4) is 0 Å². The number of ether oxygens (including phenoxy) is 5. The second-order valence-corrected chi connectivity index (χ2v) is 9.96. The summed E-state index contributed by atoms with van der Waals surface area (Å²) in [5.74, 6) is -0.124. The predicted molar refractivity (Wildman–Crippen MR) is 116 cm³/mol. The number of methoxy groups -OCH3 is 2. The normalized spacial score (nSPS) is 20.3. The number of esters is 1. The Kier molecular flexibility index (Phi) is 7.30. The highest BCUT2D eigenvalue weighted by atomic mass is 16.7. The molecule has 0 saturated carbocycles. The van der Waals surface area contributed by atoms with Gasteiger partial charge in [-0.3, -0.25) is 9.36 Å². The third kappa shape index (κ3) is 5.67. The molecule has 0 radical (unpaired) electrons. The lowest BCUT2D eigenvalue weighted by molar-refractivity contribution is -0.160. The van der Waals surface area contributed by atoms with Gasteiger partial charge in [-0.1, -0.05) is 0 Å². The minimum atomic E-state index is -0.872. The van der Waals surface area contributed by atoms with Crippen molar-refractivity contribution in [3.05, 3.63) is 28.2 Å². The Hall–Kier alpha value is -1.90. The monoisotopic (exact) mass is 439 g/mol. The SMILES string of the molecule is COc1cn(C(C[C@H](C)OC)C(=O)OC(C)(C)C)c(=O)cc1C1OC(C)(C)C(C)(C)O1. The molecule has 2 atom stereocenters. The molecule has 2 heterocycles. The van der Waals surface area contributed by atoms with Crippen molar-refractivity contribution in [1.29, 1.82) is 0 Å². The van der Waals surface area contributed by atoms with E-state index in [-0.39, 0.29) is 18.1 Å². The molecule has 1 fully saturated rings. The van der Waals surface area contributed by atoms with E-state index in [1.807, 2.05) is 34.6 Å². The van der Waals surface area contributed by atoms with Crippen LogP contribution < -0.4 is 10.3 Å². The Morgan fingerprint density at radius 3 is 2.16 bits per heavy atom. The van der Waals surface area contributed by atoms with Gasteiger partial charge >= 0.3 is 5.97 Å². The maximum atomic E-state index is 13.1. The fraction of sp³-hybridized carbons (Fsp3) is 0.739. The summed E-state index contributed by atoms with van der Waals surface area (Å²) >= 11 is 0. The van der Waals surface area contributed by atoms with Crippen molar-refractivity contribution < 1.29 is 28.5 Å². The number of carbonyl (C=O) groups is 1. The second kappa shape index (κ2) is 8.92. The molecule has 0 spiro atoms. The molecule has 1 aliphatic heterocycles. The number of rotatable bonds is 7. The first kappa shape index (κ1) is 25.4. The minimum Gasteiger partial charge on any atom is -0.495 e. The zero-order chi connectivity index (χ0) is 23.8. The van der Waals surface area contributed by atoms with Crippen LogP contribution in [0.2, 0.25) is 0 Å². The van der Waals surface area contributed by atoms with E-state index in [9.17, 15) is 9.59 Å². The summed E-state index contributed by atoms with van der Waals surface area (Å²) < 4.78 is 29.9. The van der Waals surface area contributed by atoms with E-state index in [4.69, 9.17) is 23.7 Å². The summed E-state index contributed by atoms with van der Waals surface area (Å²) in [6.07, 6.45) is 0.752. The molecular formula is C23H37NO7. The molecule has 0 aliphatic carbocycles. The van der Waals surface area contributed by atoms with Gasteiger partial charge in [-0.2, -0.15) is 0 Å². The van der Waals surface area contributed by atoms with E-state index in [0.29, 0.717) is 11.3 Å². The summed E-state index contributed by atoms with van der Waals surface area (Å²) in [5, 5.41) is 0. The van der Waals surface area contributed by atoms with Crippen molar-refractivity contribution in [2.45, 2.75) is 97.0 Å². The molecule has 8 nitrogen and oxygen atoms in total. The van der Waals surface area contributed by atoms with Crippen LogP contribution in [0.25, 0.3) is 0 Å². The maximum absolute atomic E-state index is 13.1. The summed E-state index contributed by atoms with van der Waals surface area (Å²) in [4.78, 5) is 26.1. The highest BCUT2D eigenvalue weighted by Gasteiger charge is 2.50. The highest BCUT2D eigenvalue weighted by Crippen LogP contribution is 2.46. The van der Waals surface area contributed by atoms with Crippen LogP contribution in [-0.2, 0) is 23.7 Å². The minimum absolute atomic E-state index is 0.266. The molecule has 1 aromatic heterocycles. The summed E-state index contributed by atoms with van der Waals surface area (Å²) in [6, 6.07) is 0.526. The Labute approximate surface area is 184 Å². The van der Waals surface area contributed by atoms with E-state index < -0.39 is 35.1 Å². The van der Waals surface area contributed by atoms with Gasteiger partial charge in [0.15, 0.2) is 6.29 Å². The lowest BCUT2D eigenvalue weighted by atomic mass is 9.90. The first-order valence-corrected chi connectivity index (χ1v) is 10.5. The molecular weight excluding hydrogens is 402 g/mol. The van der Waals surface area contributed by atoms with Crippen LogP contribution >= 0.6 is 0 Å². The lowest BCUT2D eigenvalue weighted by Gasteiger charge is -2.30. The third-order valence-corrected chi connectivity index (χ3v) is 5.77. The van der Waals surface area contributed by atoms with Crippen molar-refractivity contribution in [1.82, 2.24) is 4.57 Å². The van der Waals surface area contributed by atoms with Crippen molar-refractivity contribution in [3.63, 3.8) is 0 Å². The van der Waals surface area contributed by atoms with E-state index in [0.717, 1.165) is 0 Å². The number of hydrogen-bond acceptors (Lipinski definition) is 7. The Morgan fingerprint density at radius 1 is 1.16 bits per heavy atom. The van der Waals surface area contributed by atoms with Gasteiger partial charge in [0, 0.05) is 19.6 Å². The molecule has 0 N–H and O–H groups in total. The first-order chi connectivity index (χ1) is 14.1. The van der Waals surface area contributed by atoms with E-state index in [1.54, 1.807) is 27.9 Å². The van der Waals surface area contributed by atoms with Crippen molar-refractivity contribution in [2.24, 2.45) is 0 Å². The van der Waals surface area contributed by atoms with Gasteiger partial charge in [-0.05, 0) is 55.4 Å². The standard InChI is InChI=1S/C23H37NO7/c1-14(27-9)11-16(19(26)29-21(2,3)4)24-13-17(28-10)15(12-18(24)25)20-30-22(5,6)23(7,8)31-20/h12-14,16,20H,11H2,1-10H3/t14-,16?/m0/s1. The number of pyridine rings is 1. The molecule has 0 amide bonds. The molecule has 31 heavy (non-hydrogen) atoms. The van der Waals surface area contributed by atoms with Gasteiger partial charge in [0.05, 0.1) is 36.2 Å². The zero-order valence-corrected chi connectivity index (χ0v) is 20.4. The van der Waals surface area contributed by atoms with Gasteiger partial charge in [0.1, 0.15) is 17.4 Å². The van der Waals surface area contributed by atoms with Gasteiger partial charge in [-0.15, -0.1) is 0 Å². The largest absolute Gasteiger partial charge is 0.495 e. The van der Waals surface area contributed by atoms with Gasteiger partial charge < -0.3 is 23.7 Å². The Balaban J connectivity index is 2.50.